The van der Waals surface area contributed by atoms with E-state index in [4.69, 9.17) is 10.6 Å². The second-order valence-corrected chi connectivity index (χ2v) is 4.43. The zero-order valence-electron chi connectivity index (χ0n) is 12.0. The molecule has 4 N–H and O–H groups in total. The maximum atomic E-state index is 12.3. The third-order valence-corrected chi connectivity index (χ3v) is 2.84. The van der Waals surface area contributed by atoms with Crippen LogP contribution in [-0.4, -0.2) is 17.5 Å². The molecule has 0 aliphatic heterocycles. The van der Waals surface area contributed by atoms with Crippen molar-refractivity contribution < 1.29 is 9.53 Å². The highest BCUT2D eigenvalue weighted by Crippen LogP contribution is 2.20. The van der Waals surface area contributed by atoms with Crippen molar-refractivity contribution >= 4 is 17.3 Å². The summed E-state index contributed by atoms with van der Waals surface area (Å²) in [5, 5.41) is 2.80. The lowest BCUT2D eigenvalue weighted by Gasteiger charge is -2.11. The predicted octanol–water partition coefficient (Wildman–Crippen LogP) is 2.33. The van der Waals surface area contributed by atoms with Gasteiger partial charge in [-0.3, -0.25) is 15.6 Å². The molecule has 21 heavy (non-hydrogen) atoms. The number of carbonyl (C=O) groups is 1. The summed E-state index contributed by atoms with van der Waals surface area (Å²) in [4.78, 5) is 16.4. The molecule has 0 fully saturated rings. The number of nitrogens with one attached hydrogen (secondary N) is 2. The summed E-state index contributed by atoms with van der Waals surface area (Å²) in [6.45, 7) is 4.30. The lowest BCUT2D eigenvalue weighted by atomic mass is 10.2. The van der Waals surface area contributed by atoms with Gasteiger partial charge in [-0.15, -0.1) is 0 Å². The fraction of sp³-hybridized carbons (Fsp3) is 0.200. The summed E-state index contributed by atoms with van der Waals surface area (Å²) in [5.74, 6) is 5.85. The summed E-state index contributed by atoms with van der Waals surface area (Å²) in [7, 11) is 0. The van der Waals surface area contributed by atoms with Crippen LogP contribution < -0.4 is 21.3 Å². The standard InChI is InChI=1S/C15H18N4O2/c1-3-21-12-6-4-5-11(8-12)18-15(20)13-9-17-10(2)7-14(13)19-16/h4-9H,3,16H2,1-2H3,(H,17,19)(H,18,20). The zero-order chi connectivity index (χ0) is 15.2. The summed E-state index contributed by atoms with van der Waals surface area (Å²) in [6, 6.07) is 8.91. The second kappa shape index (κ2) is 6.71. The molecule has 0 unspecified atom stereocenters. The van der Waals surface area contributed by atoms with Crippen molar-refractivity contribution in [2.75, 3.05) is 17.3 Å². The third kappa shape index (κ3) is 3.70. The largest absolute Gasteiger partial charge is 0.494 e. The maximum absolute atomic E-state index is 12.3. The van der Waals surface area contributed by atoms with Gasteiger partial charge in [0, 0.05) is 23.6 Å². The molecule has 0 radical (unpaired) electrons. The monoisotopic (exact) mass is 286 g/mol. The van der Waals surface area contributed by atoms with E-state index in [2.05, 4.69) is 15.7 Å². The number of hydrogen-bond donors (Lipinski definition) is 3. The van der Waals surface area contributed by atoms with Crippen LogP contribution in [0.1, 0.15) is 23.0 Å². The Morgan fingerprint density at radius 3 is 2.90 bits per heavy atom. The number of benzene rings is 1. The van der Waals surface area contributed by atoms with Crippen molar-refractivity contribution in [3.63, 3.8) is 0 Å². The molecule has 0 saturated heterocycles. The Kier molecular flexibility index (Phi) is 4.73. The van der Waals surface area contributed by atoms with Crippen molar-refractivity contribution in [1.82, 2.24) is 4.98 Å². The van der Waals surface area contributed by atoms with Crippen LogP contribution in [0, 0.1) is 6.92 Å². The van der Waals surface area contributed by atoms with Crippen molar-refractivity contribution in [3.8, 4) is 5.75 Å². The minimum atomic E-state index is -0.288. The number of anilines is 2. The first-order valence-corrected chi connectivity index (χ1v) is 6.61. The van der Waals surface area contributed by atoms with Gasteiger partial charge in [-0.2, -0.15) is 0 Å². The second-order valence-electron chi connectivity index (χ2n) is 4.43. The molecule has 0 bridgehead atoms. The Labute approximate surface area is 123 Å². The van der Waals surface area contributed by atoms with Crippen molar-refractivity contribution in [2.24, 2.45) is 5.84 Å². The summed E-state index contributed by atoms with van der Waals surface area (Å²) in [5.41, 5.74) is 4.84. The highest BCUT2D eigenvalue weighted by molar-refractivity contribution is 6.07. The topological polar surface area (TPSA) is 89.3 Å². The third-order valence-electron chi connectivity index (χ3n) is 2.84. The van der Waals surface area contributed by atoms with Gasteiger partial charge >= 0.3 is 0 Å². The van der Waals surface area contributed by atoms with Crippen molar-refractivity contribution in [1.29, 1.82) is 0 Å². The molecular formula is C15H18N4O2. The Morgan fingerprint density at radius 2 is 2.19 bits per heavy atom. The van der Waals surface area contributed by atoms with Gasteiger partial charge in [-0.25, -0.2) is 0 Å². The Hall–Kier alpha value is -2.60. The summed E-state index contributed by atoms with van der Waals surface area (Å²) in [6.07, 6.45) is 1.49. The Morgan fingerprint density at radius 1 is 1.38 bits per heavy atom. The van der Waals surface area contributed by atoms with Gasteiger partial charge in [0.05, 0.1) is 17.9 Å². The van der Waals surface area contributed by atoms with Gasteiger partial charge < -0.3 is 15.5 Å². The molecule has 1 aromatic heterocycles. The first-order chi connectivity index (χ1) is 10.1. The van der Waals surface area contributed by atoms with Gasteiger partial charge in [0.2, 0.25) is 0 Å². The van der Waals surface area contributed by atoms with Crippen LogP contribution in [0.5, 0.6) is 5.75 Å². The number of nitrogen functional groups attached to an aromatic ring is 1. The van der Waals surface area contributed by atoms with E-state index in [-0.39, 0.29) is 5.91 Å². The number of amides is 1. The predicted molar refractivity (Wildman–Crippen MR) is 82.3 cm³/mol. The minimum absolute atomic E-state index is 0.288. The number of hydrazine groups is 1. The molecule has 0 aliphatic carbocycles. The number of nitrogens with zero attached hydrogens (tertiary/aromatic N) is 1. The van der Waals surface area contributed by atoms with E-state index in [1.54, 1.807) is 18.2 Å². The van der Waals surface area contributed by atoms with E-state index in [1.165, 1.54) is 6.20 Å². The molecule has 6 nitrogen and oxygen atoms in total. The number of pyridine rings is 1. The van der Waals surface area contributed by atoms with E-state index in [0.717, 1.165) is 5.69 Å². The summed E-state index contributed by atoms with van der Waals surface area (Å²) >= 11 is 0. The molecule has 0 saturated carbocycles. The first kappa shape index (κ1) is 14.8. The number of aromatic nitrogens is 1. The van der Waals surface area contributed by atoms with E-state index in [9.17, 15) is 4.79 Å². The van der Waals surface area contributed by atoms with Crippen LogP contribution in [0.4, 0.5) is 11.4 Å². The molecule has 1 amide bonds. The molecule has 110 valence electrons. The average molecular weight is 286 g/mol. The lowest BCUT2D eigenvalue weighted by molar-refractivity contribution is 0.102. The Balaban J connectivity index is 2.20. The molecule has 2 rings (SSSR count). The van der Waals surface area contributed by atoms with Gasteiger partial charge in [0.15, 0.2) is 0 Å². The number of carbonyl (C=O) groups excluding carboxylic acids is 1. The normalized spacial score (nSPS) is 10.0. The number of hydrogen-bond acceptors (Lipinski definition) is 5. The van der Waals surface area contributed by atoms with Gasteiger partial charge in [-0.1, -0.05) is 6.07 Å². The molecule has 6 heteroatoms. The Bertz CT molecular complexity index is 643. The van der Waals surface area contributed by atoms with E-state index < -0.39 is 0 Å². The van der Waals surface area contributed by atoms with Crippen LogP contribution in [0.15, 0.2) is 36.5 Å². The van der Waals surface area contributed by atoms with Crippen LogP contribution in [0.3, 0.4) is 0 Å². The SMILES string of the molecule is CCOc1cccc(NC(=O)c2cnc(C)cc2NN)c1. The van der Waals surface area contributed by atoms with E-state index in [0.29, 0.717) is 29.3 Å². The van der Waals surface area contributed by atoms with Crippen molar-refractivity contribution in [3.05, 3.63) is 47.8 Å². The first-order valence-electron chi connectivity index (χ1n) is 6.61. The number of nitrogens with two attached hydrogens (primary N) is 1. The van der Waals surface area contributed by atoms with Crippen LogP contribution >= 0.6 is 0 Å². The van der Waals surface area contributed by atoms with Gasteiger partial charge in [0.1, 0.15) is 5.75 Å². The van der Waals surface area contributed by atoms with E-state index >= 15 is 0 Å². The summed E-state index contributed by atoms with van der Waals surface area (Å²) < 4.78 is 5.40. The molecule has 1 aromatic carbocycles. The molecule has 0 atom stereocenters. The van der Waals surface area contributed by atoms with Crippen LogP contribution in [0.25, 0.3) is 0 Å². The van der Waals surface area contributed by atoms with Gasteiger partial charge in [0.25, 0.3) is 5.91 Å². The molecule has 2 aromatic rings. The lowest BCUT2D eigenvalue weighted by Crippen LogP contribution is -2.18. The van der Waals surface area contributed by atoms with Crippen molar-refractivity contribution in [2.45, 2.75) is 13.8 Å². The van der Waals surface area contributed by atoms with Gasteiger partial charge in [-0.05, 0) is 32.0 Å². The smallest absolute Gasteiger partial charge is 0.259 e. The maximum Gasteiger partial charge on any atom is 0.259 e. The average Bonchev–Trinajstić information content (AvgIpc) is 2.47. The number of rotatable bonds is 5. The molecular weight excluding hydrogens is 268 g/mol. The van der Waals surface area contributed by atoms with Crippen LogP contribution in [-0.2, 0) is 0 Å². The fourth-order valence-corrected chi connectivity index (χ4v) is 1.89. The molecule has 0 spiro atoms. The van der Waals surface area contributed by atoms with E-state index in [1.807, 2.05) is 26.0 Å². The molecule has 0 aliphatic rings. The number of ether oxygens (including phenoxy) is 1. The highest BCUT2D eigenvalue weighted by Gasteiger charge is 2.12. The number of aryl methyl sites for hydroxylation is 1. The van der Waals surface area contributed by atoms with Crippen LogP contribution in [0.2, 0.25) is 0 Å². The molecule has 1 heterocycles. The quantitative estimate of drug-likeness (QED) is 0.580. The highest BCUT2D eigenvalue weighted by atomic mass is 16.5. The fourth-order valence-electron chi connectivity index (χ4n) is 1.89. The minimum Gasteiger partial charge on any atom is -0.494 e. The zero-order valence-corrected chi connectivity index (χ0v) is 12.0.